The van der Waals surface area contributed by atoms with Gasteiger partial charge in [-0.15, -0.1) is 11.3 Å². The number of nitrogens with two attached hydrogens (primary N) is 2. The fraction of sp³-hybridized carbons (Fsp3) is 0.525. The molecule has 0 aliphatic carbocycles. The van der Waals surface area contributed by atoms with Gasteiger partial charge in [0.1, 0.15) is 18.1 Å². The predicted octanol–water partition coefficient (Wildman–Crippen LogP) is 3.40. The number of anilines is 3. The number of carboxylic acids is 2. The van der Waals surface area contributed by atoms with E-state index in [4.69, 9.17) is 35.5 Å². The Balaban J connectivity index is 0.787. The van der Waals surface area contributed by atoms with Crippen molar-refractivity contribution in [1.82, 2.24) is 51.1 Å². The van der Waals surface area contributed by atoms with Crippen LogP contribution in [0.15, 0.2) is 60.2 Å². The van der Waals surface area contributed by atoms with Crippen LogP contribution in [0.25, 0.3) is 21.6 Å². The number of ether oxygens (including phenoxy) is 4. The van der Waals surface area contributed by atoms with Crippen molar-refractivity contribution < 1.29 is 67.8 Å². The summed E-state index contributed by atoms with van der Waals surface area (Å²) >= 11 is 1.56. The van der Waals surface area contributed by atoms with E-state index in [-0.39, 0.29) is 100.0 Å². The van der Waals surface area contributed by atoms with Crippen molar-refractivity contribution in [3.05, 3.63) is 82.8 Å². The van der Waals surface area contributed by atoms with Gasteiger partial charge in [-0.2, -0.15) is 9.97 Å². The minimum atomic E-state index is -1.37. The lowest BCUT2D eigenvalue weighted by Crippen LogP contribution is -2.57. The number of unbranched alkanes of at least 4 members (excludes halogenated alkanes) is 3. The second kappa shape index (κ2) is 34.4. The van der Waals surface area contributed by atoms with Gasteiger partial charge in [0, 0.05) is 63.1 Å². The summed E-state index contributed by atoms with van der Waals surface area (Å²) in [6.45, 7) is 11.1. The lowest BCUT2D eigenvalue weighted by atomic mass is 9.85. The molecule has 0 bridgehead atoms. The first kappa shape index (κ1) is 68.1. The number of carboxylic acid groups (broad SMARTS) is 2. The number of rotatable bonds is 37. The number of carbonyl (C=O) groups is 7. The van der Waals surface area contributed by atoms with Gasteiger partial charge in [-0.05, 0) is 67.0 Å². The second-order valence-electron chi connectivity index (χ2n) is 21.9. The van der Waals surface area contributed by atoms with Crippen molar-refractivity contribution in [3.8, 4) is 10.4 Å². The number of hydrogen-bond donors (Lipinski definition) is 9. The van der Waals surface area contributed by atoms with Gasteiger partial charge in [0.2, 0.25) is 29.6 Å². The maximum Gasteiger partial charge on any atom is 0.326 e. The molecular formula is C59H81N13O14S. The molecule has 1 fully saturated rings. The number of nitrogen functional groups attached to an aromatic ring is 2. The maximum atomic E-state index is 14.0. The highest BCUT2D eigenvalue weighted by molar-refractivity contribution is 7.13. The molecule has 1 unspecified atom stereocenters. The molecule has 5 amide bonds. The Morgan fingerprint density at radius 3 is 2.03 bits per heavy atom. The molecule has 1 aliphatic rings. The lowest BCUT2D eigenvalue weighted by molar-refractivity contribution is -0.144. The fourth-order valence-electron chi connectivity index (χ4n) is 9.35. The smallest absolute Gasteiger partial charge is 0.326 e. The number of β-amino-alcohol motifs (C(OH)–C–C–N with tert-alkyl or cyclic N) is 1. The number of aliphatic carboxylic acids is 2. The van der Waals surface area contributed by atoms with E-state index in [1.54, 1.807) is 47.3 Å². The number of aliphatic hydroxyl groups excluding tert-OH is 1. The molecule has 1 saturated heterocycles. The van der Waals surface area contributed by atoms with Crippen LogP contribution in [0.1, 0.15) is 106 Å². The average Bonchev–Trinajstić information content (AvgIpc) is 2.19. The number of thiazole rings is 1. The predicted molar refractivity (Wildman–Crippen MR) is 323 cm³/mol. The number of likely N-dealkylation sites (tertiary alicyclic amines) is 1. The number of nitrogens with zero attached hydrogens (tertiary/aromatic N) is 7. The van der Waals surface area contributed by atoms with E-state index in [0.29, 0.717) is 57.3 Å². The molecule has 28 heteroatoms. The Labute approximate surface area is 508 Å². The highest BCUT2D eigenvalue weighted by atomic mass is 32.1. The van der Waals surface area contributed by atoms with Crippen LogP contribution in [-0.2, 0) is 60.8 Å². The van der Waals surface area contributed by atoms with Crippen LogP contribution >= 0.6 is 11.3 Å². The van der Waals surface area contributed by atoms with E-state index in [0.717, 1.165) is 53.1 Å². The molecule has 0 saturated carbocycles. The molecule has 11 N–H and O–H groups in total. The minimum Gasteiger partial charge on any atom is -0.481 e. The molecule has 472 valence electrons. The van der Waals surface area contributed by atoms with Crippen molar-refractivity contribution in [3.63, 3.8) is 0 Å². The third-order valence-electron chi connectivity index (χ3n) is 14.1. The van der Waals surface area contributed by atoms with Crippen LogP contribution in [0.5, 0.6) is 0 Å². The van der Waals surface area contributed by atoms with Crippen LogP contribution in [0.3, 0.4) is 0 Å². The van der Waals surface area contributed by atoms with Crippen molar-refractivity contribution in [2.45, 2.75) is 123 Å². The molecule has 6 rings (SSSR count). The monoisotopic (exact) mass is 1230 g/mol. The standard InChI is InChI=1S/C59H81N13O14S/c1-37-50(87-36-65-37)39-11-9-38(10-12-39)32-64-55(79)45-31-43(73)35-72(45)56(80)51(59(2,3)4)68-47(75)20-24-84-26-28-86-30-29-85-27-25-83-23-19-46(74)62-21-7-5-6-8-22-71(34-41-33-63-53-49(66-41)52(60)69-58(61)70-53)42-15-13-40(14-16-42)54(78)67-44(57(81)82)17-18-48(76)77/h9-16,33,36,43-45,51,73H,5-8,17-32,34-35H2,1-4H3,(H,62,74)(H,64,79)(H,67,78)(H,68,75)(H,76,77)(H,81,82)(H4,60,61,63,69,70)/t43-,44+,45+,51?/m1/s1. The Bertz CT molecular complexity index is 3070. The van der Waals surface area contributed by atoms with E-state index >= 15 is 0 Å². The van der Waals surface area contributed by atoms with E-state index < -0.39 is 65.7 Å². The van der Waals surface area contributed by atoms with Crippen LogP contribution in [0.4, 0.5) is 17.5 Å². The van der Waals surface area contributed by atoms with Crippen LogP contribution in [0.2, 0.25) is 0 Å². The van der Waals surface area contributed by atoms with Gasteiger partial charge >= 0.3 is 11.9 Å². The molecule has 5 aromatic rings. The molecule has 0 spiro atoms. The van der Waals surface area contributed by atoms with E-state index in [9.17, 15) is 43.8 Å². The first-order valence-electron chi connectivity index (χ1n) is 28.9. The normalized spacial score (nSPS) is 14.7. The van der Waals surface area contributed by atoms with Gasteiger partial charge in [0.05, 0.1) is 93.5 Å². The van der Waals surface area contributed by atoms with E-state index in [1.807, 2.05) is 56.9 Å². The highest BCUT2D eigenvalue weighted by Crippen LogP contribution is 2.29. The molecule has 27 nitrogen and oxygen atoms in total. The third kappa shape index (κ3) is 22.3. The number of benzene rings is 2. The zero-order valence-corrected chi connectivity index (χ0v) is 50.5. The van der Waals surface area contributed by atoms with Crippen LogP contribution in [0, 0.1) is 12.3 Å². The summed E-state index contributed by atoms with van der Waals surface area (Å²) in [5, 5.41) is 40.1. The number of fused-ring (bicyclic) bond motifs is 1. The Kier molecular flexibility index (Phi) is 26.9. The first-order chi connectivity index (χ1) is 41.7. The number of aryl methyl sites for hydroxylation is 1. The fourth-order valence-corrected chi connectivity index (χ4v) is 10.2. The van der Waals surface area contributed by atoms with E-state index in [2.05, 4.69) is 46.2 Å². The van der Waals surface area contributed by atoms with Gasteiger partial charge in [-0.3, -0.25) is 28.8 Å². The van der Waals surface area contributed by atoms with Gasteiger partial charge in [0.15, 0.2) is 17.0 Å². The molecule has 2 aromatic carbocycles. The molecule has 87 heavy (non-hydrogen) atoms. The Hall–Kier alpha value is -8.02. The number of amides is 5. The average molecular weight is 1230 g/mol. The first-order valence-corrected chi connectivity index (χ1v) is 29.8. The van der Waals surface area contributed by atoms with Crippen molar-refractivity contribution in [2.75, 3.05) is 88.9 Å². The second-order valence-corrected chi connectivity index (χ2v) is 22.8. The molecule has 4 heterocycles. The summed E-state index contributed by atoms with van der Waals surface area (Å²) in [6, 6.07) is 11.2. The molecule has 0 radical (unpaired) electrons. The summed E-state index contributed by atoms with van der Waals surface area (Å²) < 4.78 is 22.3. The Morgan fingerprint density at radius 1 is 0.770 bits per heavy atom. The van der Waals surface area contributed by atoms with Gasteiger partial charge in [-0.25, -0.2) is 19.7 Å². The summed E-state index contributed by atoms with van der Waals surface area (Å²) in [5.74, 6) is -4.46. The maximum absolute atomic E-state index is 14.0. The van der Waals surface area contributed by atoms with Gasteiger partial charge in [0.25, 0.3) is 5.91 Å². The lowest BCUT2D eigenvalue weighted by Gasteiger charge is -2.35. The quantitative estimate of drug-likeness (QED) is 0.0257. The zero-order chi connectivity index (χ0) is 62.9. The largest absolute Gasteiger partial charge is 0.481 e. The number of carbonyl (C=O) groups excluding carboxylic acids is 5. The topological polar surface area (TPSA) is 388 Å². The summed E-state index contributed by atoms with van der Waals surface area (Å²) in [4.78, 5) is 114. The Morgan fingerprint density at radius 2 is 1.41 bits per heavy atom. The molecular weight excluding hydrogens is 1150 g/mol. The minimum absolute atomic E-state index is 0.00610. The van der Waals surface area contributed by atoms with Crippen LogP contribution in [-0.4, -0.2) is 183 Å². The van der Waals surface area contributed by atoms with E-state index in [1.165, 1.54) is 4.90 Å². The van der Waals surface area contributed by atoms with Crippen molar-refractivity contribution >= 4 is 81.4 Å². The highest BCUT2D eigenvalue weighted by Gasteiger charge is 2.44. The van der Waals surface area contributed by atoms with Gasteiger partial charge in [-0.1, -0.05) is 57.9 Å². The summed E-state index contributed by atoms with van der Waals surface area (Å²) in [7, 11) is 0. The number of aliphatic hydroxyl groups is 1. The molecule has 1 aliphatic heterocycles. The molecule has 4 atom stereocenters. The van der Waals surface area contributed by atoms with Crippen molar-refractivity contribution in [1.29, 1.82) is 0 Å². The van der Waals surface area contributed by atoms with Crippen LogP contribution < -0.4 is 37.6 Å². The summed E-state index contributed by atoms with van der Waals surface area (Å²) in [6.07, 6.45) is 3.46. The molecule has 3 aromatic heterocycles. The van der Waals surface area contributed by atoms with Crippen molar-refractivity contribution in [2.24, 2.45) is 5.41 Å². The number of nitrogens with one attached hydrogen (secondary N) is 4. The summed E-state index contributed by atoms with van der Waals surface area (Å²) in [5.41, 5.74) is 17.8. The zero-order valence-electron chi connectivity index (χ0n) is 49.7. The SMILES string of the molecule is Cc1ncsc1-c1ccc(CNC(=O)[C@@H]2C[C@@H](O)CN2C(=O)C(NC(=O)CCOCCOCCOCCOCCC(=O)NCCCCCCN(Cc2cnc3nc(N)nc(N)c3n2)c2ccc(C(=O)N[C@@H](CCC(=O)O)C(=O)O)cc2)C(C)(C)C)cc1. The number of hydrogen-bond acceptors (Lipinski definition) is 21. The number of aromatic nitrogens is 5. The van der Waals surface area contributed by atoms with Gasteiger partial charge < -0.3 is 76.8 Å². The third-order valence-corrected chi connectivity index (χ3v) is 15.0.